The van der Waals surface area contributed by atoms with Crippen LogP contribution < -0.4 is 15.8 Å². The van der Waals surface area contributed by atoms with Crippen molar-refractivity contribution < 1.29 is 14.3 Å². The molecule has 2 rings (SSSR count). The van der Waals surface area contributed by atoms with E-state index in [-0.39, 0.29) is 11.8 Å². The minimum Gasteiger partial charge on any atom is -0.497 e. The molecule has 0 radical (unpaired) electrons. The van der Waals surface area contributed by atoms with Crippen LogP contribution in [0.2, 0.25) is 0 Å². The molecule has 0 atom stereocenters. The van der Waals surface area contributed by atoms with Gasteiger partial charge in [-0.1, -0.05) is 13.8 Å². The maximum absolute atomic E-state index is 12.9. The fourth-order valence-electron chi connectivity index (χ4n) is 3.61. The Hall–Kier alpha value is -2.12. The summed E-state index contributed by atoms with van der Waals surface area (Å²) in [7, 11) is 1.60. The van der Waals surface area contributed by atoms with Gasteiger partial charge in [0, 0.05) is 51.4 Å². The minimum absolute atomic E-state index is 0.0879. The second-order valence-electron chi connectivity index (χ2n) is 7.31. The molecule has 1 aliphatic rings. The van der Waals surface area contributed by atoms with Crippen LogP contribution in [0.5, 0.6) is 5.75 Å². The summed E-state index contributed by atoms with van der Waals surface area (Å²) in [6.45, 7) is 8.89. The van der Waals surface area contributed by atoms with E-state index in [4.69, 9.17) is 10.5 Å². The topological polar surface area (TPSA) is 87.9 Å². The number of carbonyl (C=O) groups is 2. The number of carbonyl (C=O) groups excluding carboxylic acids is 2. The molecule has 1 aromatic carbocycles. The molecule has 28 heavy (non-hydrogen) atoms. The Balaban J connectivity index is 1.75. The van der Waals surface area contributed by atoms with E-state index in [0.29, 0.717) is 31.7 Å². The predicted octanol–water partition coefficient (Wildman–Crippen LogP) is 1.33. The van der Waals surface area contributed by atoms with E-state index < -0.39 is 5.41 Å². The van der Waals surface area contributed by atoms with Crippen molar-refractivity contribution in [2.24, 2.45) is 11.1 Å². The van der Waals surface area contributed by atoms with E-state index in [0.717, 1.165) is 38.2 Å². The number of nitrogens with zero attached hydrogens (tertiary/aromatic N) is 2. The first kappa shape index (κ1) is 22.2. The van der Waals surface area contributed by atoms with Gasteiger partial charge in [0.05, 0.1) is 12.5 Å². The number of hydrogen-bond acceptors (Lipinski definition) is 5. The summed E-state index contributed by atoms with van der Waals surface area (Å²) >= 11 is 0. The predicted molar refractivity (Wildman–Crippen MR) is 110 cm³/mol. The van der Waals surface area contributed by atoms with E-state index in [1.54, 1.807) is 31.4 Å². The summed E-state index contributed by atoms with van der Waals surface area (Å²) in [6.07, 6.45) is 1.55. The second kappa shape index (κ2) is 10.4. The van der Waals surface area contributed by atoms with E-state index in [1.165, 1.54) is 0 Å². The van der Waals surface area contributed by atoms with Crippen molar-refractivity contribution in [1.29, 1.82) is 0 Å². The quantitative estimate of drug-likeness (QED) is 0.664. The number of ether oxygens (including phenoxy) is 1. The van der Waals surface area contributed by atoms with Gasteiger partial charge in [-0.2, -0.15) is 0 Å². The highest BCUT2D eigenvalue weighted by atomic mass is 16.5. The first-order valence-electron chi connectivity index (χ1n) is 10.1. The monoisotopic (exact) mass is 390 g/mol. The van der Waals surface area contributed by atoms with Gasteiger partial charge in [-0.15, -0.1) is 0 Å². The van der Waals surface area contributed by atoms with Crippen LogP contribution in [-0.4, -0.2) is 74.5 Å². The first-order valence-corrected chi connectivity index (χ1v) is 10.1. The van der Waals surface area contributed by atoms with Gasteiger partial charge in [-0.3, -0.25) is 14.5 Å². The van der Waals surface area contributed by atoms with Crippen LogP contribution in [0.15, 0.2) is 24.3 Å². The van der Waals surface area contributed by atoms with Crippen LogP contribution in [-0.2, 0) is 4.79 Å². The molecular weight excluding hydrogens is 356 g/mol. The second-order valence-corrected chi connectivity index (χ2v) is 7.31. The Bertz CT molecular complexity index is 627. The van der Waals surface area contributed by atoms with Gasteiger partial charge in [0.1, 0.15) is 5.75 Å². The summed E-state index contributed by atoms with van der Waals surface area (Å²) in [4.78, 5) is 29.3. The minimum atomic E-state index is -0.422. The van der Waals surface area contributed by atoms with E-state index in [9.17, 15) is 9.59 Å². The highest BCUT2D eigenvalue weighted by molar-refractivity contribution is 5.94. The SMILES string of the molecule is CCC(CC)(CN)C(=O)N1CCN(CCNC(=O)c2ccc(OC)cc2)CC1. The molecule has 0 aliphatic carbocycles. The van der Waals surface area contributed by atoms with Gasteiger partial charge in [-0.05, 0) is 37.1 Å². The lowest BCUT2D eigenvalue weighted by Gasteiger charge is -2.40. The van der Waals surface area contributed by atoms with E-state index in [2.05, 4.69) is 10.2 Å². The lowest BCUT2D eigenvalue weighted by atomic mass is 9.81. The Morgan fingerprint density at radius 2 is 1.71 bits per heavy atom. The third-order valence-corrected chi connectivity index (χ3v) is 5.92. The van der Waals surface area contributed by atoms with Crippen LogP contribution in [0.25, 0.3) is 0 Å². The molecule has 0 unspecified atom stereocenters. The fraction of sp³-hybridized carbons (Fsp3) is 0.619. The summed E-state index contributed by atoms with van der Waals surface area (Å²) in [5, 5.41) is 2.95. The smallest absolute Gasteiger partial charge is 0.251 e. The van der Waals surface area contributed by atoms with Crippen molar-refractivity contribution in [3.05, 3.63) is 29.8 Å². The highest BCUT2D eigenvalue weighted by Crippen LogP contribution is 2.28. The molecule has 0 bridgehead atoms. The molecule has 1 aromatic rings. The van der Waals surface area contributed by atoms with Crippen molar-refractivity contribution in [3.63, 3.8) is 0 Å². The molecule has 0 aromatic heterocycles. The molecule has 0 saturated carbocycles. The zero-order chi connectivity index (χ0) is 20.6. The number of amides is 2. The van der Waals surface area contributed by atoms with Crippen LogP contribution in [0, 0.1) is 5.41 Å². The third kappa shape index (κ3) is 5.23. The van der Waals surface area contributed by atoms with Gasteiger partial charge in [0.2, 0.25) is 5.91 Å². The van der Waals surface area contributed by atoms with E-state index >= 15 is 0 Å². The summed E-state index contributed by atoms with van der Waals surface area (Å²) in [5.41, 5.74) is 6.11. The van der Waals surface area contributed by atoms with Crippen LogP contribution in [0.1, 0.15) is 37.0 Å². The molecule has 7 nitrogen and oxygen atoms in total. The average Bonchev–Trinajstić information content (AvgIpc) is 2.75. The lowest BCUT2D eigenvalue weighted by Crippen LogP contribution is -2.55. The normalized spacial score (nSPS) is 15.4. The van der Waals surface area contributed by atoms with Crippen molar-refractivity contribution >= 4 is 11.8 Å². The van der Waals surface area contributed by atoms with Gasteiger partial charge in [0.15, 0.2) is 0 Å². The average molecular weight is 391 g/mol. The standard InChI is InChI=1S/C21H34N4O3/c1-4-21(5-2,16-22)20(27)25-14-12-24(13-15-25)11-10-23-19(26)17-6-8-18(28-3)9-7-17/h6-9H,4-5,10-16,22H2,1-3H3,(H,23,26). The molecule has 0 spiro atoms. The fourth-order valence-corrected chi connectivity index (χ4v) is 3.61. The van der Waals surface area contributed by atoms with E-state index in [1.807, 2.05) is 18.7 Å². The molecule has 1 aliphatic heterocycles. The number of rotatable bonds is 9. The molecular formula is C21H34N4O3. The highest BCUT2D eigenvalue weighted by Gasteiger charge is 2.37. The molecule has 1 fully saturated rings. The lowest BCUT2D eigenvalue weighted by molar-refractivity contribution is -0.144. The van der Waals surface area contributed by atoms with Crippen LogP contribution in [0.3, 0.4) is 0 Å². The summed E-state index contributed by atoms with van der Waals surface area (Å²) in [5.74, 6) is 0.830. The third-order valence-electron chi connectivity index (χ3n) is 5.92. The number of methoxy groups -OCH3 is 1. The molecule has 2 amide bonds. The number of benzene rings is 1. The van der Waals surface area contributed by atoms with Crippen molar-refractivity contribution in [2.45, 2.75) is 26.7 Å². The van der Waals surface area contributed by atoms with Crippen LogP contribution in [0.4, 0.5) is 0 Å². The maximum atomic E-state index is 12.9. The Kier molecular flexibility index (Phi) is 8.26. The number of nitrogens with two attached hydrogens (primary N) is 1. The molecule has 1 heterocycles. The van der Waals surface area contributed by atoms with Crippen LogP contribution >= 0.6 is 0 Å². The Morgan fingerprint density at radius 3 is 2.21 bits per heavy atom. The zero-order valence-electron chi connectivity index (χ0n) is 17.4. The van der Waals surface area contributed by atoms with Crippen molar-refractivity contribution in [1.82, 2.24) is 15.1 Å². The number of hydrogen-bond donors (Lipinski definition) is 2. The number of nitrogens with one attached hydrogen (secondary N) is 1. The maximum Gasteiger partial charge on any atom is 0.251 e. The van der Waals surface area contributed by atoms with Gasteiger partial charge < -0.3 is 20.7 Å². The molecule has 1 saturated heterocycles. The van der Waals surface area contributed by atoms with Gasteiger partial charge in [0.25, 0.3) is 5.91 Å². The Labute approximate surface area is 168 Å². The van der Waals surface area contributed by atoms with Crippen molar-refractivity contribution in [2.75, 3.05) is 52.9 Å². The Morgan fingerprint density at radius 1 is 1.11 bits per heavy atom. The molecule has 7 heteroatoms. The molecule has 3 N–H and O–H groups in total. The first-order chi connectivity index (χ1) is 13.5. The van der Waals surface area contributed by atoms with Gasteiger partial charge >= 0.3 is 0 Å². The molecule has 156 valence electrons. The largest absolute Gasteiger partial charge is 0.497 e. The van der Waals surface area contributed by atoms with Gasteiger partial charge in [-0.25, -0.2) is 0 Å². The zero-order valence-corrected chi connectivity index (χ0v) is 17.4. The summed E-state index contributed by atoms with van der Waals surface area (Å²) in [6, 6.07) is 7.06. The number of piperazine rings is 1. The van der Waals surface area contributed by atoms with Crippen molar-refractivity contribution in [3.8, 4) is 5.75 Å². The summed E-state index contributed by atoms with van der Waals surface area (Å²) < 4.78 is 5.10.